The number of primary sulfonamides is 2. The zero-order chi connectivity index (χ0) is 59.2. The van der Waals surface area contributed by atoms with Crippen LogP contribution in [0.25, 0.3) is 0 Å². The number of nitro groups is 3. The van der Waals surface area contributed by atoms with Gasteiger partial charge in [0.05, 0.1) is 29.5 Å². The minimum absolute atomic E-state index is 0. The number of nitro benzene ring substituents is 3. The average Bonchev–Trinajstić information content (AvgIpc) is 3.22. The molecule has 2 radical (unpaired) electrons. The van der Waals surface area contributed by atoms with E-state index in [-0.39, 0.29) is 71.8 Å². The van der Waals surface area contributed by atoms with Crippen LogP contribution in [0.5, 0.6) is 0 Å². The molecule has 0 atom stereocenters. The van der Waals surface area contributed by atoms with Gasteiger partial charge in [-0.1, -0.05) is 101 Å². The molecule has 32 heteroatoms. The molecular formula is C46H81Cl3N8O17S3Sn. The number of aliphatic hydroxyl groups is 1. The predicted molar refractivity (Wildman–Crippen MR) is 313 cm³/mol. The number of hydrogen-bond acceptors (Lipinski definition) is 17. The van der Waals surface area contributed by atoms with E-state index in [2.05, 4.69) is 0 Å². The third-order valence-corrected chi connectivity index (χ3v) is 12.4. The summed E-state index contributed by atoms with van der Waals surface area (Å²) in [6.07, 6.45) is 0. The molecule has 0 aliphatic carbocycles. The maximum atomic E-state index is 11.4. The van der Waals surface area contributed by atoms with Gasteiger partial charge in [-0.3, -0.25) is 30.3 Å². The first-order chi connectivity index (χ1) is 33.2. The van der Waals surface area contributed by atoms with Crippen molar-refractivity contribution in [3.8, 4) is 0 Å². The van der Waals surface area contributed by atoms with E-state index in [1.807, 2.05) is 76.2 Å². The van der Waals surface area contributed by atoms with Crippen LogP contribution < -0.4 is 27.9 Å². The molecular weight excluding hydrogens is 1260 g/mol. The molecule has 0 aliphatic rings. The number of non-ortho nitro benzene ring substituents is 3. The Bertz CT molecular complexity index is 2720. The Morgan fingerprint density at radius 2 is 0.769 bits per heavy atom. The number of hydrogen-bond donors (Lipinski definition) is 6. The van der Waals surface area contributed by atoms with Crippen LogP contribution in [0.2, 0.25) is 0 Å². The third kappa shape index (κ3) is 33.5. The number of aliphatic hydroxyl groups excluding tert-OH is 1. The van der Waals surface area contributed by atoms with Crippen LogP contribution in [0.15, 0.2) is 87.5 Å². The molecule has 78 heavy (non-hydrogen) atoms. The molecule has 0 saturated heterocycles. The SMILES string of the molecule is CC(C)(C)c1ccc(N)cc1S(N)(=O)=O.CC(C)(C)c1ccc([N+](=O)[O-])cc1N.CC(C)(C)c1ccc([N+](=O)[O-])cc1S(=O)(=O)Cl.CC(C)(C)c1ccc([N+](=O)[O-])cc1S(N)(=O)=O.CCO.CCOCC.N.O.O.O.[Cl][Sn][Cl]. The Kier molecular flexibility index (Phi) is 42.5. The fourth-order valence-electron chi connectivity index (χ4n) is 5.87. The van der Waals surface area contributed by atoms with E-state index in [0.717, 1.165) is 30.9 Å². The number of halogens is 3. The van der Waals surface area contributed by atoms with Crippen LogP contribution in [0.3, 0.4) is 0 Å². The Morgan fingerprint density at radius 1 is 0.526 bits per heavy atom. The molecule has 0 saturated carbocycles. The van der Waals surface area contributed by atoms with Crippen molar-refractivity contribution in [1.82, 2.24) is 6.15 Å². The number of nitrogen functional groups attached to an aromatic ring is 2. The minimum atomic E-state index is -4.00. The van der Waals surface area contributed by atoms with E-state index in [1.54, 1.807) is 45.9 Å². The van der Waals surface area contributed by atoms with Crippen molar-refractivity contribution in [2.45, 2.75) is 140 Å². The summed E-state index contributed by atoms with van der Waals surface area (Å²) < 4.78 is 73.3. The fraction of sp³-hybridized carbons (Fsp3) is 0.478. The second-order valence-electron chi connectivity index (χ2n) is 19.4. The third-order valence-electron chi connectivity index (χ3n) is 9.12. The van der Waals surface area contributed by atoms with E-state index in [9.17, 15) is 55.6 Å². The van der Waals surface area contributed by atoms with Crippen molar-refractivity contribution >= 4 is 105 Å². The molecule has 0 bridgehead atoms. The summed E-state index contributed by atoms with van der Waals surface area (Å²) in [6.45, 7) is 30.3. The first-order valence-electron chi connectivity index (χ1n) is 21.9. The van der Waals surface area contributed by atoms with Crippen molar-refractivity contribution in [3.05, 3.63) is 125 Å². The van der Waals surface area contributed by atoms with Gasteiger partial charge in [-0.2, -0.15) is 0 Å². The molecule has 0 amide bonds. The predicted octanol–water partition coefficient (Wildman–Crippen LogP) is 7.78. The van der Waals surface area contributed by atoms with Gasteiger partial charge in [0.1, 0.15) is 0 Å². The molecule has 18 N–H and O–H groups in total. The van der Waals surface area contributed by atoms with Gasteiger partial charge >= 0.3 is 36.7 Å². The van der Waals surface area contributed by atoms with Gasteiger partial charge in [0.15, 0.2) is 0 Å². The Labute approximate surface area is 481 Å². The zero-order valence-corrected chi connectivity index (χ0v) is 54.1. The molecule has 4 aromatic carbocycles. The molecule has 4 aromatic rings. The summed E-state index contributed by atoms with van der Waals surface area (Å²) in [5, 5.41) is 49.5. The molecule has 25 nitrogen and oxygen atoms in total. The quantitative estimate of drug-likeness (QED) is 0.0322. The fourth-order valence-corrected chi connectivity index (χ4v) is 9.10. The van der Waals surface area contributed by atoms with Crippen LogP contribution in [-0.4, -0.2) is 100 Å². The Morgan fingerprint density at radius 3 is 1.00 bits per heavy atom. The number of sulfonamides is 2. The molecule has 0 unspecified atom stereocenters. The number of ether oxygens (including phenoxy) is 1. The number of anilines is 2. The normalized spacial score (nSPS) is 10.9. The summed E-state index contributed by atoms with van der Waals surface area (Å²) >= 11 is -0.826. The first kappa shape index (κ1) is 87.7. The van der Waals surface area contributed by atoms with Gasteiger partial charge in [-0.15, -0.1) is 0 Å². The van der Waals surface area contributed by atoms with E-state index in [1.165, 1.54) is 42.5 Å². The van der Waals surface area contributed by atoms with Crippen molar-refractivity contribution in [3.63, 3.8) is 0 Å². The Hall–Kier alpha value is -4.12. The molecule has 0 aliphatic heterocycles. The summed E-state index contributed by atoms with van der Waals surface area (Å²) in [5.74, 6) is 0. The zero-order valence-electron chi connectivity index (χ0n) is 46.5. The molecule has 0 heterocycles. The van der Waals surface area contributed by atoms with Crippen LogP contribution in [0.4, 0.5) is 28.4 Å². The number of nitrogens with zero attached hydrogens (tertiary/aromatic N) is 3. The molecule has 0 spiro atoms. The summed E-state index contributed by atoms with van der Waals surface area (Å²) in [7, 11) is 3.46. The van der Waals surface area contributed by atoms with E-state index < -0.39 is 73.6 Å². The molecule has 450 valence electrons. The maximum absolute atomic E-state index is 11.4. The number of rotatable bonds is 8. The van der Waals surface area contributed by atoms with Gasteiger partial charge in [0, 0.05) is 78.3 Å². The van der Waals surface area contributed by atoms with Crippen LogP contribution >= 0.6 is 28.5 Å². The standard InChI is InChI=1S/C10H12ClNO4S.C10H14N2O4S.C10H16N2O2S.C10H14N2O2.C4H10O.C2H6O.2ClH.H3N.3H2O.Sn/c2*1-10(2,3)8-5-4-7(12(13)14)6-9(8)17(11,15)16;1-10(2,3)8-5-4-7(11)6-9(8)15(12,13)14;1-10(2,3)8-5-4-7(12(13)14)6-9(8)11;1-3-5-4-2;1-2-3;;;;;;;/h4-6H,1-3H3;4-6H,1-3H3,(H2,11,15,16);4-6H,11H2,1-3H3,(H2,12,13,14);4-6H,11H2,1-3H3;3-4H2,1-2H3;3H,2H2,1H3;2*1H;1H3;3*1H2;/q;;;;;;;;;;;;+2/p-2. The van der Waals surface area contributed by atoms with Crippen LogP contribution in [0.1, 0.15) is 126 Å². The number of nitrogens with two attached hydrogens (primary N) is 4. The Balaban J connectivity index is -0.000000159. The molecule has 0 fully saturated rings. The summed E-state index contributed by atoms with van der Waals surface area (Å²) in [6, 6.07) is 16.8. The topological polar surface area (TPSA) is 495 Å². The van der Waals surface area contributed by atoms with Crippen LogP contribution in [-0.2, 0) is 55.5 Å². The van der Waals surface area contributed by atoms with Crippen LogP contribution in [0, 0.1) is 30.3 Å². The summed E-state index contributed by atoms with van der Waals surface area (Å²) in [5.41, 5.74) is 12.9. The number of benzene rings is 4. The van der Waals surface area contributed by atoms with Crippen molar-refractivity contribution < 1.29 is 66.3 Å². The van der Waals surface area contributed by atoms with E-state index >= 15 is 0 Å². The van der Waals surface area contributed by atoms with E-state index in [0.29, 0.717) is 28.1 Å². The average molecular weight is 1340 g/mol. The monoisotopic (exact) mass is 1340 g/mol. The second kappa shape index (κ2) is 37.7. The van der Waals surface area contributed by atoms with Crippen molar-refractivity contribution in [2.24, 2.45) is 10.3 Å². The van der Waals surface area contributed by atoms with Gasteiger partial charge in [0.25, 0.3) is 26.1 Å². The second-order valence-corrected chi connectivity index (χ2v) is 29.2. The summed E-state index contributed by atoms with van der Waals surface area (Å²) in [4.78, 5) is 29.6. The van der Waals surface area contributed by atoms with Gasteiger partial charge in [0.2, 0.25) is 20.0 Å². The van der Waals surface area contributed by atoms with Gasteiger partial charge in [-0.05, 0) is 82.9 Å². The first-order valence-corrected chi connectivity index (χ1v) is 34.6. The van der Waals surface area contributed by atoms with Crippen molar-refractivity contribution in [2.75, 3.05) is 31.3 Å². The molecule has 4 rings (SSSR count). The van der Waals surface area contributed by atoms with Crippen molar-refractivity contribution in [1.29, 1.82) is 0 Å². The van der Waals surface area contributed by atoms with E-state index in [4.69, 9.17) is 60.1 Å². The van der Waals surface area contributed by atoms with Gasteiger partial charge in [-0.25, -0.2) is 35.5 Å². The van der Waals surface area contributed by atoms with Gasteiger partial charge < -0.3 is 43.9 Å². The molecule has 0 aromatic heterocycles.